The van der Waals surface area contributed by atoms with Crippen LogP contribution in [0.25, 0.3) is 10.8 Å². The molecule has 22 heavy (non-hydrogen) atoms. The molecule has 2 aromatic rings. The molecular formula is C14H10BF3O4. The normalized spacial score (nSPS) is 11.5. The van der Waals surface area contributed by atoms with Crippen molar-refractivity contribution in [3.63, 3.8) is 0 Å². The molecule has 0 atom stereocenters. The third-order valence-corrected chi connectivity index (χ3v) is 3.17. The van der Waals surface area contributed by atoms with Crippen LogP contribution in [0.5, 0.6) is 0 Å². The van der Waals surface area contributed by atoms with Gasteiger partial charge >= 0.3 is 13.3 Å². The van der Waals surface area contributed by atoms with Gasteiger partial charge in [-0.3, -0.25) is 9.59 Å². The molecule has 0 unspecified atom stereocenters. The second kappa shape index (κ2) is 5.90. The third kappa shape index (κ3) is 3.18. The number of Topliss-reactive ketones (excluding diaryl/α,β-unsaturated/α-hetero) is 2. The molecule has 0 heterocycles. The minimum absolute atomic E-state index is 0.0717. The van der Waals surface area contributed by atoms with Gasteiger partial charge in [-0.25, -0.2) is 0 Å². The minimum Gasteiger partial charge on any atom is -0.423 e. The molecule has 8 heteroatoms. The Bertz CT molecular complexity index is 740. The highest BCUT2D eigenvalue weighted by molar-refractivity contribution is 6.62. The lowest BCUT2D eigenvalue weighted by Crippen LogP contribution is -2.30. The second-order valence-corrected chi connectivity index (χ2v) is 4.64. The molecule has 2 rings (SSSR count). The van der Waals surface area contributed by atoms with Crippen LogP contribution in [-0.2, 0) is 4.79 Å². The SMILES string of the molecule is O=C(CC(=O)C(F)(F)F)c1cccc2c(B(O)O)cccc12. The molecule has 0 fully saturated rings. The number of benzene rings is 2. The van der Waals surface area contributed by atoms with Gasteiger partial charge in [-0.15, -0.1) is 0 Å². The number of rotatable bonds is 4. The molecule has 114 valence electrons. The van der Waals surface area contributed by atoms with Gasteiger partial charge in [0.05, 0.1) is 6.42 Å². The average Bonchev–Trinajstić information content (AvgIpc) is 2.44. The molecule has 2 N–H and O–H groups in total. The van der Waals surface area contributed by atoms with E-state index in [4.69, 9.17) is 0 Å². The maximum Gasteiger partial charge on any atom is 0.489 e. The fraction of sp³-hybridized carbons (Fsp3) is 0.143. The first-order valence-corrected chi connectivity index (χ1v) is 6.23. The molecule has 0 saturated heterocycles. The number of hydrogen-bond acceptors (Lipinski definition) is 4. The topological polar surface area (TPSA) is 74.6 Å². The van der Waals surface area contributed by atoms with Crippen LogP contribution in [0.4, 0.5) is 13.2 Å². The van der Waals surface area contributed by atoms with Crippen molar-refractivity contribution in [2.24, 2.45) is 0 Å². The fourth-order valence-corrected chi connectivity index (χ4v) is 2.14. The van der Waals surface area contributed by atoms with Gasteiger partial charge in [-0.1, -0.05) is 36.4 Å². The third-order valence-electron chi connectivity index (χ3n) is 3.17. The standard InChI is InChI=1S/C14H10BF3O4/c16-14(17,18)13(20)7-12(19)10-5-1-4-9-8(10)3-2-6-11(9)15(21)22/h1-6,21-22H,7H2. The first-order chi connectivity index (χ1) is 10.2. The van der Waals surface area contributed by atoms with Gasteiger partial charge in [0.2, 0.25) is 5.78 Å². The van der Waals surface area contributed by atoms with Crippen LogP contribution in [0, 0.1) is 0 Å². The molecule has 0 radical (unpaired) electrons. The Labute approximate surface area is 123 Å². The molecular weight excluding hydrogens is 300 g/mol. The maximum absolute atomic E-state index is 12.2. The molecule has 0 aliphatic heterocycles. The molecule has 0 spiro atoms. The van der Waals surface area contributed by atoms with E-state index >= 15 is 0 Å². The van der Waals surface area contributed by atoms with E-state index < -0.39 is 31.3 Å². The summed E-state index contributed by atoms with van der Waals surface area (Å²) in [6.45, 7) is 0. The van der Waals surface area contributed by atoms with Crippen molar-refractivity contribution in [1.82, 2.24) is 0 Å². The first-order valence-electron chi connectivity index (χ1n) is 6.23. The number of ketones is 2. The highest BCUT2D eigenvalue weighted by atomic mass is 19.4. The largest absolute Gasteiger partial charge is 0.489 e. The number of alkyl halides is 3. The van der Waals surface area contributed by atoms with Crippen molar-refractivity contribution in [3.05, 3.63) is 42.0 Å². The number of halogens is 3. The molecule has 0 amide bonds. The van der Waals surface area contributed by atoms with Crippen molar-refractivity contribution in [3.8, 4) is 0 Å². The summed E-state index contributed by atoms with van der Waals surface area (Å²) in [6, 6.07) is 8.53. The highest BCUT2D eigenvalue weighted by Crippen LogP contribution is 2.22. The molecule has 0 aromatic heterocycles. The van der Waals surface area contributed by atoms with Crippen LogP contribution in [0.15, 0.2) is 36.4 Å². The Morgan fingerprint density at radius 2 is 1.59 bits per heavy atom. The summed E-state index contributed by atoms with van der Waals surface area (Å²) >= 11 is 0. The number of hydrogen-bond donors (Lipinski definition) is 2. The van der Waals surface area contributed by atoms with E-state index in [-0.39, 0.29) is 16.4 Å². The zero-order valence-electron chi connectivity index (χ0n) is 11.1. The predicted molar refractivity (Wildman–Crippen MR) is 73.8 cm³/mol. The lowest BCUT2D eigenvalue weighted by atomic mass is 9.76. The summed E-state index contributed by atoms with van der Waals surface area (Å²) in [7, 11) is -1.79. The van der Waals surface area contributed by atoms with Gasteiger partial charge in [0.25, 0.3) is 0 Å². The van der Waals surface area contributed by atoms with Gasteiger partial charge in [0.1, 0.15) is 0 Å². The Kier molecular flexibility index (Phi) is 4.34. The van der Waals surface area contributed by atoms with E-state index in [1.807, 2.05) is 0 Å². The number of carbonyl (C=O) groups is 2. The van der Waals surface area contributed by atoms with Crippen molar-refractivity contribution in [1.29, 1.82) is 0 Å². The van der Waals surface area contributed by atoms with Crippen molar-refractivity contribution in [2.45, 2.75) is 12.6 Å². The van der Waals surface area contributed by atoms with Gasteiger partial charge in [0.15, 0.2) is 5.78 Å². The van der Waals surface area contributed by atoms with Gasteiger partial charge < -0.3 is 10.0 Å². The smallest absolute Gasteiger partial charge is 0.423 e. The van der Waals surface area contributed by atoms with Crippen LogP contribution >= 0.6 is 0 Å². The van der Waals surface area contributed by atoms with Crippen LogP contribution in [-0.4, -0.2) is 34.9 Å². The maximum atomic E-state index is 12.2. The van der Waals surface area contributed by atoms with Crippen LogP contribution in [0.3, 0.4) is 0 Å². The molecule has 0 aliphatic carbocycles. The summed E-state index contributed by atoms with van der Waals surface area (Å²) in [6.07, 6.45) is -6.35. The zero-order chi connectivity index (χ0) is 16.5. The Morgan fingerprint density at radius 1 is 1.00 bits per heavy atom. The van der Waals surface area contributed by atoms with Crippen LogP contribution in [0.2, 0.25) is 0 Å². The number of carbonyl (C=O) groups excluding carboxylic acids is 2. The van der Waals surface area contributed by atoms with Gasteiger partial charge in [-0.2, -0.15) is 13.2 Å². The second-order valence-electron chi connectivity index (χ2n) is 4.64. The fourth-order valence-electron chi connectivity index (χ4n) is 2.14. The lowest BCUT2D eigenvalue weighted by molar-refractivity contribution is -0.170. The van der Waals surface area contributed by atoms with E-state index in [1.54, 1.807) is 0 Å². The highest BCUT2D eigenvalue weighted by Gasteiger charge is 2.39. The quantitative estimate of drug-likeness (QED) is 0.506. The van der Waals surface area contributed by atoms with Gasteiger partial charge in [0, 0.05) is 5.56 Å². The molecule has 0 saturated carbocycles. The summed E-state index contributed by atoms with van der Waals surface area (Å²) in [5.74, 6) is -3.09. The van der Waals surface area contributed by atoms with Gasteiger partial charge in [-0.05, 0) is 16.2 Å². The van der Waals surface area contributed by atoms with E-state index in [0.29, 0.717) is 5.39 Å². The average molecular weight is 310 g/mol. The summed E-state index contributed by atoms with van der Waals surface area (Å²) in [5, 5.41) is 19.1. The minimum atomic E-state index is -5.06. The Morgan fingerprint density at radius 3 is 2.18 bits per heavy atom. The summed E-state index contributed by atoms with van der Waals surface area (Å²) in [4.78, 5) is 22.9. The molecule has 2 aromatic carbocycles. The van der Waals surface area contributed by atoms with Crippen LogP contribution in [0.1, 0.15) is 16.8 Å². The lowest BCUT2D eigenvalue weighted by Gasteiger charge is -2.10. The van der Waals surface area contributed by atoms with Crippen molar-refractivity contribution < 1.29 is 32.8 Å². The van der Waals surface area contributed by atoms with E-state index in [1.165, 1.54) is 36.4 Å². The number of fused-ring (bicyclic) bond motifs is 1. The summed E-state index contributed by atoms with van der Waals surface area (Å²) < 4.78 is 36.7. The predicted octanol–water partition coefficient (Wildman–Crippen LogP) is 1.22. The van der Waals surface area contributed by atoms with Crippen molar-refractivity contribution >= 4 is 34.9 Å². The van der Waals surface area contributed by atoms with E-state index in [0.717, 1.165) is 0 Å². The van der Waals surface area contributed by atoms with E-state index in [2.05, 4.69) is 0 Å². The zero-order valence-corrected chi connectivity index (χ0v) is 11.1. The Balaban J connectivity index is 2.46. The van der Waals surface area contributed by atoms with E-state index in [9.17, 15) is 32.8 Å². The molecule has 0 bridgehead atoms. The first kappa shape index (κ1) is 16.2. The van der Waals surface area contributed by atoms with Crippen molar-refractivity contribution in [2.75, 3.05) is 0 Å². The van der Waals surface area contributed by atoms with Crippen LogP contribution < -0.4 is 5.46 Å². The summed E-state index contributed by atoms with van der Waals surface area (Å²) in [5.41, 5.74) is 0.0481. The Hall–Kier alpha value is -2.19. The molecule has 4 nitrogen and oxygen atoms in total. The monoisotopic (exact) mass is 310 g/mol. The molecule has 0 aliphatic rings.